The van der Waals surface area contributed by atoms with Crippen molar-refractivity contribution in [2.45, 2.75) is 39.2 Å². The van der Waals surface area contributed by atoms with Crippen molar-refractivity contribution in [1.29, 1.82) is 0 Å². The third-order valence-electron chi connectivity index (χ3n) is 3.53. The molecule has 2 aromatic heterocycles. The number of aromatic nitrogens is 2. The zero-order chi connectivity index (χ0) is 15.2. The molecule has 2 heterocycles. The lowest BCUT2D eigenvalue weighted by Crippen LogP contribution is -2.33. The minimum atomic E-state index is -0.0285. The number of rotatable bonds is 7. The highest BCUT2D eigenvalue weighted by Gasteiger charge is 2.21. The maximum Gasteiger partial charge on any atom is 0.220 e. The second kappa shape index (κ2) is 7.41. The molecule has 0 fully saturated rings. The van der Waals surface area contributed by atoms with Crippen molar-refractivity contribution >= 4 is 17.2 Å². The normalized spacial score (nSPS) is 12.6. The first kappa shape index (κ1) is 15.8. The largest absolute Gasteiger partial charge is 0.346 e. The monoisotopic (exact) mass is 305 g/mol. The third-order valence-corrected chi connectivity index (χ3v) is 4.46. The lowest BCUT2D eigenvalue weighted by molar-refractivity contribution is -0.122. The maximum atomic E-state index is 12.1. The SMILES string of the molecule is CC(C)[C@@H](NC(=O)CCCc1cccs1)c1nccn1C. The predicted molar refractivity (Wildman–Crippen MR) is 86.2 cm³/mol. The Morgan fingerprint density at radius 2 is 2.29 bits per heavy atom. The van der Waals surface area contributed by atoms with Crippen LogP contribution in [0.4, 0.5) is 0 Å². The van der Waals surface area contributed by atoms with Gasteiger partial charge in [-0.2, -0.15) is 0 Å². The summed E-state index contributed by atoms with van der Waals surface area (Å²) in [5.41, 5.74) is 0. The fourth-order valence-corrected chi connectivity index (χ4v) is 3.08. The average molecular weight is 305 g/mol. The smallest absolute Gasteiger partial charge is 0.220 e. The van der Waals surface area contributed by atoms with E-state index in [-0.39, 0.29) is 11.9 Å². The molecule has 0 aliphatic heterocycles. The van der Waals surface area contributed by atoms with E-state index in [2.05, 4.69) is 41.7 Å². The van der Waals surface area contributed by atoms with E-state index in [4.69, 9.17) is 0 Å². The second-order valence-corrected chi connectivity index (χ2v) is 6.65. The molecule has 0 saturated carbocycles. The van der Waals surface area contributed by atoms with E-state index in [0.29, 0.717) is 12.3 Å². The van der Waals surface area contributed by atoms with Crippen LogP contribution < -0.4 is 5.32 Å². The molecule has 0 aromatic carbocycles. The first-order valence-electron chi connectivity index (χ1n) is 7.37. The van der Waals surface area contributed by atoms with Crippen LogP contribution in [0.1, 0.15) is 43.4 Å². The van der Waals surface area contributed by atoms with Gasteiger partial charge >= 0.3 is 0 Å². The Kier molecular flexibility index (Phi) is 5.56. The fraction of sp³-hybridized carbons (Fsp3) is 0.500. The van der Waals surface area contributed by atoms with Crippen LogP contribution in [0.5, 0.6) is 0 Å². The van der Waals surface area contributed by atoms with E-state index in [9.17, 15) is 4.79 Å². The summed E-state index contributed by atoms with van der Waals surface area (Å²) in [5, 5.41) is 5.20. The number of carbonyl (C=O) groups is 1. The number of aryl methyl sites for hydroxylation is 2. The first-order chi connectivity index (χ1) is 10.1. The van der Waals surface area contributed by atoms with Crippen LogP contribution in [-0.4, -0.2) is 15.5 Å². The van der Waals surface area contributed by atoms with Gasteiger partial charge in [-0.3, -0.25) is 4.79 Å². The molecule has 0 saturated heterocycles. The Hall–Kier alpha value is -1.62. The maximum absolute atomic E-state index is 12.1. The van der Waals surface area contributed by atoms with E-state index in [1.165, 1.54) is 4.88 Å². The van der Waals surface area contributed by atoms with Gasteiger partial charge in [-0.1, -0.05) is 19.9 Å². The molecule has 0 bridgehead atoms. The van der Waals surface area contributed by atoms with Crippen LogP contribution in [-0.2, 0) is 18.3 Å². The molecule has 114 valence electrons. The van der Waals surface area contributed by atoms with Gasteiger partial charge in [-0.25, -0.2) is 4.98 Å². The number of nitrogens with zero attached hydrogens (tertiary/aromatic N) is 2. The van der Waals surface area contributed by atoms with Gasteiger partial charge in [0.2, 0.25) is 5.91 Å². The van der Waals surface area contributed by atoms with Gasteiger partial charge in [0.1, 0.15) is 5.82 Å². The van der Waals surface area contributed by atoms with E-state index in [0.717, 1.165) is 18.7 Å². The lowest BCUT2D eigenvalue weighted by Gasteiger charge is -2.22. The number of amides is 1. The molecule has 0 aliphatic carbocycles. The van der Waals surface area contributed by atoms with Crippen molar-refractivity contribution in [3.63, 3.8) is 0 Å². The van der Waals surface area contributed by atoms with Crippen LogP contribution >= 0.6 is 11.3 Å². The van der Waals surface area contributed by atoms with Crippen molar-refractivity contribution in [3.8, 4) is 0 Å². The average Bonchev–Trinajstić information content (AvgIpc) is 3.07. The Balaban J connectivity index is 1.85. The third kappa shape index (κ3) is 4.43. The summed E-state index contributed by atoms with van der Waals surface area (Å²) in [4.78, 5) is 17.8. The van der Waals surface area contributed by atoms with E-state index < -0.39 is 0 Å². The molecular formula is C16H23N3OS. The van der Waals surface area contributed by atoms with Gasteiger partial charge in [-0.05, 0) is 30.2 Å². The molecule has 1 N–H and O–H groups in total. The van der Waals surface area contributed by atoms with E-state index in [1.807, 2.05) is 17.8 Å². The van der Waals surface area contributed by atoms with Crippen LogP contribution in [0.15, 0.2) is 29.9 Å². The number of nitrogens with one attached hydrogen (secondary N) is 1. The van der Waals surface area contributed by atoms with E-state index >= 15 is 0 Å². The molecule has 5 heteroatoms. The topological polar surface area (TPSA) is 46.9 Å². The minimum Gasteiger partial charge on any atom is -0.346 e. The van der Waals surface area contributed by atoms with Crippen molar-refractivity contribution in [3.05, 3.63) is 40.6 Å². The highest BCUT2D eigenvalue weighted by Crippen LogP contribution is 2.20. The minimum absolute atomic E-state index is 0.0285. The van der Waals surface area contributed by atoms with Crippen molar-refractivity contribution in [2.24, 2.45) is 13.0 Å². The predicted octanol–water partition coefficient (Wildman–Crippen LogP) is 3.32. The number of thiophene rings is 1. The van der Waals surface area contributed by atoms with Crippen LogP contribution in [0.3, 0.4) is 0 Å². The second-order valence-electron chi connectivity index (χ2n) is 5.62. The lowest BCUT2D eigenvalue weighted by atomic mass is 10.0. The molecule has 2 rings (SSSR count). The highest BCUT2D eigenvalue weighted by molar-refractivity contribution is 7.09. The van der Waals surface area contributed by atoms with Crippen LogP contribution in [0.2, 0.25) is 0 Å². The first-order valence-corrected chi connectivity index (χ1v) is 8.25. The molecule has 0 aliphatic rings. The highest BCUT2D eigenvalue weighted by atomic mass is 32.1. The van der Waals surface area contributed by atoms with Gasteiger partial charge in [0.15, 0.2) is 0 Å². The molecule has 1 amide bonds. The number of carbonyl (C=O) groups excluding carboxylic acids is 1. The zero-order valence-electron chi connectivity index (χ0n) is 12.9. The van der Waals surface area contributed by atoms with Gasteiger partial charge in [-0.15, -0.1) is 11.3 Å². The molecular weight excluding hydrogens is 282 g/mol. The van der Waals surface area contributed by atoms with Crippen molar-refractivity contribution in [1.82, 2.24) is 14.9 Å². The molecule has 2 aromatic rings. The van der Waals surface area contributed by atoms with Gasteiger partial charge in [0.25, 0.3) is 0 Å². The van der Waals surface area contributed by atoms with E-state index in [1.54, 1.807) is 17.5 Å². The van der Waals surface area contributed by atoms with Crippen LogP contribution in [0.25, 0.3) is 0 Å². The molecule has 0 radical (unpaired) electrons. The fourth-order valence-electron chi connectivity index (χ4n) is 2.33. The van der Waals surface area contributed by atoms with Gasteiger partial charge < -0.3 is 9.88 Å². The summed E-state index contributed by atoms with van der Waals surface area (Å²) >= 11 is 1.75. The Morgan fingerprint density at radius 1 is 1.48 bits per heavy atom. The summed E-state index contributed by atoms with van der Waals surface area (Å²) < 4.78 is 1.97. The summed E-state index contributed by atoms with van der Waals surface area (Å²) in [6, 6.07) is 4.14. The number of hydrogen-bond acceptors (Lipinski definition) is 3. The number of imidazole rings is 1. The molecule has 0 unspecified atom stereocenters. The molecule has 1 atom stereocenters. The molecule has 0 spiro atoms. The standard InChI is InChI=1S/C16H23N3OS/c1-12(2)15(16-17-9-10-19(16)3)18-14(20)8-4-6-13-7-5-11-21-13/h5,7,9-12,15H,4,6,8H2,1-3H3,(H,18,20)/t15-/m1/s1. The summed E-state index contributed by atoms with van der Waals surface area (Å²) in [5.74, 6) is 1.33. The summed E-state index contributed by atoms with van der Waals surface area (Å²) in [7, 11) is 1.96. The van der Waals surface area contributed by atoms with Gasteiger partial charge in [0.05, 0.1) is 6.04 Å². The Labute approximate surface area is 130 Å². The number of hydrogen-bond donors (Lipinski definition) is 1. The van der Waals surface area contributed by atoms with Crippen molar-refractivity contribution < 1.29 is 4.79 Å². The van der Waals surface area contributed by atoms with Crippen LogP contribution in [0, 0.1) is 5.92 Å². The quantitative estimate of drug-likeness (QED) is 0.853. The molecule has 21 heavy (non-hydrogen) atoms. The van der Waals surface area contributed by atoms with Crippen molar-refractivity contribution in [2.75, 3.05) is 0 Å². The summed E-state index contributed by atoms with van der Waals surface area (Å²) in [6.07, 6.45) is 6.10. The van der Waals surface area contributed by atoms with Gasteiger partial charge in [0, 0.05) is 30.7 Å². The molecule has 4 nitrogen and oxygen atoms in total. The Morgan fingerprint density at radius 3 is 2.86 bits per heavy atom. The Bertz CT molecular complexity index is 560. The zero-order valence-corrected chi connectivity index (χ0v) is 13.7. The summed E-state index contributed by atoms with van der Waals surface area (Å²) in [6.45, 7) is 4.20.